The molecular formula is C13H13ClN2OS. The van der Waals surface area contributed by atoms with Crippen molar-refractivity contribution < 1.29 is 4.21 Å². The number of anilines is 1. The van der Waals surface area contributed by atoms with E-state index in [1.54, 1.807) is 30.6 Å². The van der Waals surface area contributed by atoms with Crippen molar-refractivity contribution in [3.63, 3.8) is 0 Å². The topological polar surface area (TPSA) is 56.0 Å². The second-order valence-electron chi connectivity index (χ2n) is 3.84. The second-order valence-corrected chi connectivity index (χ2v) is 5.81. The zero-order chi connectivity index (χ0) is 13.0. The fourth-order valence-corrected chi connectivity index (χ4v) is 2.96. The van der Waals surface area contributed by atoms with Gasteiger partial charge in [-0.1, -0.05) is 11.6 Å². The molecule has 0 aliphatic carbocycles. The van der Waals surface area contributed by atoms with E-state index in [-0.39, 0.29) is 0 Å². The molecule has 0 radical (unpaired) electrons. The predicted molar refractivity (Wildman–Crippen MR) is 75.1 cm³/mol. The first-order chi connectivity index (χ1) is 8.66. The summed E-state index contributed by atoms with van der Waals surface area (Å²) in [7, 11) is -1.11. The highest BCUT2D eigenvalue weighted by Crippen LogP contribution is 2.21. The minimum Gasteiger partial charge on any atom is -0.398 e. The Balaban J connectivity index is 2.04. The van der Waals surface area contributed by atoms with Crippen molar-refractivity contribution in [2.75, 3.05) is 11.5 Å². The van der Waals surface area contributed by atoms with Crippen molar-refractivity contribution in [1.82, 2.24) is 4.98 Å². The van der Waals surface area contributed by atoms with Gasteiger partial charge in [0.05, 0.1) is 15.7 Å². The molecule has 2 rings (SSSR count). The standard InChI is InChI=1S/C13H13ClN2OS/c14-11-1-2-13(12(15)9-11)18(17)8-5-10-3-6-16-7-4-10/h1-4,6-7,9H,5,8,15H2. The van der Waals surface area contributed by atoms with E-state index in [1.165, 1.54) is 0 Å². The molecular weight excluding hydrogens is 268 g/mol. The summed E-state index contributed by atoms with van der Waals surface area (Å²) in [6.45, 7) is 0. The largest absolute Gasteiger partial charge is 0.398 e. The number of nitrogens with zero attached hydrogens (tertiary/aromatic N) is 1. The number of halogens is 1. The van der Waals surface area contributed by atoms with Crippen LogP contribution in [0.15, 0.2) is 47.6 Å². The van der Waals surface area contributed by atoms with Crippen LogP contribution in [0.1, 0.15) is 5.56 Å². The van der Waals surface area contributed by atoms with Gasteiger partial charge in [-0.3, -0.25) is 9.19 Å². The first kappa shape index (κ1) is 13.1. The maximum absolute atomic E-state index is 12.1. The molecule has 0 aliphatic heterocycles. The van der Waals surface area contributed by atoms with Crippen LogP contribution in [0.5, 0.6) is 0 Å². The van der Waals surface area contributed by atoms with Crippen molar-refractivity contribution in [3.05, 3.63) is 53.3 Å². The van der Waals surface area contributed by atoms with Gasteiger partial charge in [0.25, 0.3) is 0 Å². The average molecular weight is 281 g/mol. The van der Waals surface area contributed by atoms with Crippen LogP contribution in [-0.4, -0.2) is 14.9 Å². The van der Waals surface area contributed by atoms with Crippen molar-refractivity contribution in [2.24, 2.45) is 0 Å². The molecule has 1 unspecified atom stereocenters. The predicted octanol–water partition coefficient (Wildman–Crippen LogP) is 2.67. The van der Waals surface area contributed by atoms with E-state index < -0.39 is 10.8 Å². The molecule has 0 saturated carbocycles. The van der Waals surface area contributed by atoms with E-state index >= 15 is 0 Å². The number of nitrogen functional groups attached to an aromatic ring is 1. The molecule has 1 heterocycles. The maximum atomic E-state index is 12.1. The van der Waals surface area contributed by atoms with E-state index in [4.69, 9.17) is 17.3 Å². The molecule has 1 atom stereocenters. The lowest BCUT2D eigenvalue weighted by molar-refractivity contribution is 0.682. The second kappa shape index (κ2) is 5.98. The van der Waals surface area contributed by atoms with E-state index in [9.17, 15) is 4.21 Å². The third kappa shape index (κ3) is 3.31. The van der Waals surface area contributed by atoms with Crippen LogP contribution < -0.4 is 5.73 Å². The lowest BCUT2D eigenvalue weighted by Gasteiger charge is -2.06. The number of aromatic nitrogens is 1. The lowest BCUT2D eigenvalue weighted by atomic mass is 10.2. The minimum absolute atomic E-state index is 0.482. The van der Waals surface area contributed by atoms with Crippen LogP contribution in [0.4, 0.5) is 5.69 Å². The summed E-state index contributed by atoms with van der Waals surface area (Å²) in [6.07, 6.45) is 4.20. The van der Waals surface area contributed by atoms with E-state index in [1.807, 2.05) is 12.1 Å². The number of pyridine rings is 1. The molecule has 0 fully saturated rings. The van der Waals surface area contributed by atoms with Crippen LogP contribution in [0, 0.1) is 0 Å². The summed E-state index contributed by atoms with van der Waals surface area (Å²) < 4.78 is 12.1. The quantitative estimate of drug-likeness (QED) is 0.876. The highest BCUT2D eigenvalue weighted by molar-refractivity contribution is 7.85. The van der Waals surface area contributed by atoms with E-state index in [0.717, 1.165) is 12.0 Å². The van der Waals surface area contributed by atoms with Gasteiger partial charge in [-0.25, -0.2) is 0 Å². The molecule has 0 bridgehead atoms. The molecule has 0 saturated heterocycles. The van der Waals surface area contributed by atoms with Gasteiger partial charge in [-0.05, 0) is 42.3 Å². The smallest absolute Gasteiger partial charge is 0.0618 e. The van der Waals surface area contributed by atoms with Crippen LogP contribution in [0.2, 0.25) is 5.02 Å². The van der Waals surface area contributed by atoms with Gasteiger partial charge in [0.2, 0.25) is 0 Å². The molecule has 2 N–H and O–H groups in total. The Morgan fingerprint density at radius 2 is 1.94 bits per heavy atom. The van der Waals surface area contributed by atoms with Crippen LogP contribution in [0.25, 0.3) is 0 Å². The molecule has 5 heteroatoms. The summed E-state index contributed by atoms with van der Waals surface area (Å²) in [5.41, 5.74) is 7.40. The van der Waals surface area contributed by atoms with Crippen LogP contribution >= 0.6 is 11.6 Å². The summed E-state index contributed by atoms with van der Waals surface area (Å²) in [4.78, 5) is 4.59. The first-order valence-electron chi connectivity index (χ1n) is 5.49. The highest BCUT2D eigenvalue weighted by atomic mass is 35.5. The SMILES string of the molecule is Nc1cc(Cl)ccc1S(=O)CCc1ccncc1. The van der Waals surface area contributed by atoms with Gasteiger partial charge < -0.3 is 5.73 Å². The van der Waals surface area contributed by atoms with Crippen molar-refractivity contribution in [2.45, 2.75) is 11.3 Å². The Hall–Kier alpha value is -1.39. The number of nitrogens with two attached hydrogens (primary N) is 1. The highest BCUT2D eigenvalue weighted by Gasteiger charge is 2.08. The third-order valence-corrected chi connectivity index (χ3v) is 4.21. The van der Waals surface area contributed by atoms with Crippen molar-refractivity contribution in [3.8, 4) is 0 Å². The Kier molecular flexibility index (Phi) is 4.33. The molecule has 18 heavy (non-hydrogen) atoms. The Morgan fingerprint density at radius 1 is 1.22 bits per heavy atom. The summed E-state index contributed by atoms with van der Waals surface area (Å²) in [6, 6.07) is 8.89. The molecule has 1 aromatic carbocycles. The van der Waals surface area contributed by atoms with Gasteiger partial charge >= 0.3 is 0 Å². The minimum atomic E-state index is -1.11. The van der Waals surface area contributed by atoms with Crippen LogP contribution in [-0.2, 0) is 17.2 Å². The molecule has 3 nitrogen and oxygen atoms in total. The Morgan fingerprint density at radius 3 is 2.61 bits per heavy atom. The fourth-order valence-electron chi connectivity index (χ4n) is 1.60. The van der Waals surface area contributed by atoms with E-state index in [2.05, 4.69) is 4.98 Å². The van der Waals surface area contributed by atoms with Gasteiger partial charge in [-0.2, -0.15) is 0 Å². The summed E-state index contributed by atoms with van der Waals surface area (Å²) >= 11 is 5.81. The Labute approximate surface area is 113 Å². The molecule has 0 aliphatic rings. The summed E-state index contributed by atoms with van der Waals surface area (Å²) in [5, 5.41) is 0.558. The Bertz CT molecular complexity index is 560. The van der Waals surface area contributed by atoms with Gasteiger partial charge in [0.15, 0.2) is 0 Å². The van der Waals surface area contributed by atoms with Gasteiger partial charge in [0.1, 0.15) is 0 Å². The molecule has 1 aromatic heterocycles. The number of hydrogen-bond donors (Lipinski definition) is 1. The van der Waals surface area contributed by atoms with Gasteiger partial charge in [0, 0.05) is 28.9 Å². The van der Waals surface area contributed by atoms with Gasteiger partial charge in [-0.15, -0.1) is 0 Å². The number of rotatable bonds is 4. The maximum Gasteiger partial charge on any atom is 0.0618 e. The lowest BCUT2D eigenvalue weighted by Crippen LogP contribution is -2.04. The average Bonchev–Trinajstić information content (AvgIpc) is 2.37. The molecule has 2 aromatic rings. The number of aryl methyl sites for hydroxylation is 1. The normalized spacial score (nSPS) is 12.3. The number of benzene rings is 1. The third-order valence-electron chi connectivity index (χ3n) is 2.54. The van der Waals surface area contributed by atoms with Crippen molar-refractivity contribution in [1.29, 1.82) is 0 Å². The zero-order valence-electron chi connectivity index (χ0n) is 9.67. The monoisotopic (exact) mass is 280 g/mol. The number of hydrogen-bond acceptors (Lipinski definition) is 3. The molecule has 94 valence electrons. The summed E-state index contributed by atoms with van der Waals surface area (Å²) in [5.74, 6) is 0.538. The first-order valence-corrected chi connectivity index (χ1v) is 7.19. The van der Waals surface area contributed by atoms with Crippen molar-refractivity contribution >= 4 is 28.1 Å². The fraction of sp³-hybridized carbons (Fsp3) is 0.154. The molecule has 0 spiro atoms. The van der Waals surface area contributed by atoms with E-state index in [0.29, 0.717) is 21.4 Å². The molecule has 0 amide bonds. The zero-order valence-corrected chi connectivity index (χ0v) is 11.2. The van der Waals surface area contributed by atoms with Crippen LogP contribution in [0.3, 0.4) is 0 Å².